The molecule has 138 valence electrons. The number of nitrogens with one attached hydrogen (secondary N) is 1. The van der Waals surface area contributed by atoms with Gasteiger partial charge in [-0.1, -0.05) is 17.7 Å². The first-order valence-electron chi connectivity index (χ1n) is 8.52. The van der Waals surface area contributed by atoms with Gasteiger partial charge < -0.3 is 9.32 Å². The lowest BCUT2D eigenvalue weighted by atomic mass is 10.1. The van der Waals surface area contributed by atoms with Gasteiger partial charge in [-0.05, 0) is 44.2 Å². The Morgan fingerprint density at radius 2 is 1.78 bits per heavy atom. The Bertz CT molecular complexity index is 1080. The number of hydrogen-bond acceptors (Lipinski definition) is 5. The van der Waals surface area contributed by atoms with Crippen LogP contribution in [0.1, 0.15) is 28.4 Å². The minimum absolute atomic E-state index is 0.310. The minimum atomic E-state index is -0.496. The molecule has 1 aromatic heterocycles. The van der Waals surface area contributed by atoms with Crippen LogP contribution in [0.2, 0.25) is 0 Å². The SMILES string of the molecule is C/C(=N\NC(=O)c1ccc(C)cc1)c1cc2ccc(N(C)C)cc2oc1=O. The second-order valence-electron chi connectivity index (χ2n) is 6.57. The third kappa shape index (κ3) is 4.06. The Kier molecular flexibility index (Phi) is 5.07. The van der Waals surface area contributed by atoms with Gasteiger partial charge in [-0.25, -0.2) is 10.2 Å². The fraction of sp³-hybridized carbons (Fsp3) is 0.190. The summed E-state index contributed by atoms with van der Waals surface area (Å²) in [6.07, 6.45) is 0. The third-order valence-electron chi connectivity index (χ3n) is 4.26. The summed E-state index contributed by atoms with van der Waals surface area (Å²) in [7, 11) is 3.84. The standard InChI is InChI=1S/C21H21N3O3/c1-13-5-7-15(8-6-13)20(25)23-22-14(2)18-11-16-9-10-17(24(3)4)12-19(16)27-21(18)26/h5-12H,1-4H3,(H,23,25)/b22-14+. The number of hydrogen-bond donors (Lipinski definition) is 1. The normalized spacial score (nSPS) is 11.5. The van der Waals surface area contributed by atoms with Gasteiger partial charge in [0.25, 0.3) is 5.91 Å². The van der Waals surface area contributed by atoms with Gasteiger partial charge in [-0.3, -0.25) is 4.79 Å². The van der Waals surface area contributed by atoms with Gasteiger partial charge in [0.1, 0.15) is 5.58 Å². The van der Waals surface area contributed by atoms with E-state index in [4.69, 9.17) is 4.42 Å². The van der Waals surface area contributed by atoms with Crippen molar-refractivity contribution in [3.63, 3.8) is 0 Å². The van der Waals surface area contributed by atoms with Gasteiger partial charge in [0.2, 0.25) is 0 Å². The van der Waals surface area contributed by atoms with Crippen LogP contribution in [0.4, 0.5) is 5.69 Å². The smallest absolute Gasteiger partial charge is 0.345 e. The monoisotopic (exact) mass is 363 g/mol. The summed E-state index contributed by atoms with van der Waals surface area (Å²) in [5.74, 6) is -0.338. The molecule has 1 N–H and O–H groups in total. The fourth-order valence-corrected chi connectivity index (χ4v) is 2.59. The average Bonchev–Trinajstić information content (AvgIpc) is 2.65. The molecular formula is C21H21N3O3. The molecule has 0 unspecified atom stereocenters. The first-order chi connectivity index (χ1) is 12.8. The Hall–Kier alpha value is -3.41. The Balaban J connectivity index is 1.87. The summed E-state index contributed by atoms with van der Waals surface area (Å²) in [4.78, 5) is 26.4. The number of amides is 1. The van der Waals surface area contributed by atoms with E-state index in [2.05, 4.69) is 10.5 Å². The van der Waals surface area contributed by atoms with Crippen LogP contribution in [0.15, 0.2) is 62.8 Å². The summed E-state index contributed by atoms with van der Waals surface area (Å²) in [6.45, 7) is 3.60. The van der Waals surface area contributed by atoms with Crippen molar-refractivity contribution < 1.29 is 9.21 Å². The van der Waals surface area contributed by atoms with Crippen LogP contribution in [0, 0.1) is 6.92 Å². The molecule has 0 bridgehead atoms. The van der Waals surface area contributed by atoms with Gasteiger partial charge in [0, 0.05) is 36.8 Å². The Morgan fingerprint density at radius 3 is 2.44 bits per heavy atom. The molecule has 0 radical (unpaired) electrons. The summed E-state index contributed by atoms with van der Waals surface area (Å²) in [6, 6.07) is 14.5. The molecule has 6 heteroatoms. The molecule has 0 spiro atoms. The van der Waals surface area contributed by atoms with Crippen LogP contribution in [-0.4, -0.2) is 25.7 Å². The average molecular weight is 363 g/mol. The quantitative estimate of drug-likeness (QED) is 0.438. The number of benzene rings is 2. The molecule has 0 saturated carbocycles. The number of aryl methyl sites for hydroxylation is 1. The summed E-state index contributed by atoms with van der Waals surface area (Å²) < 4.78 is 5.43. The molecule has 0 atom stereocenters. The second-order valence-corrected chi connectivity index (χ2v) is 6.57. The predicted molar refractivity (Wildman–Crippen MR) is 108 cm³/mol. The van der Waals surface area contributed by atoms with Crippen molar-refractivity contribution in [2.24, 2.45) is 5.10 Å². The molecule has 0 aliphatic rings. The van der Waals surface area contributed by atoms with E-state index in [1.54, 1.807) is 25.1 Å². The highest BCUT2D eigenvalue weighted by Gasteiger charge is 2.11. The van der Waals surface area contributed by atoms with Crippen molar-refractivity contribution >= 4 is 28.3 Å². The lowest BCUT2D eigenvalue weighted by Crippen LogP contribution is -2.21. The lowest BCUT2D eigenvalue weighted by Gasteiger charge is -2.12. The molecule has 1 amide bonds. The molecule has 2 aromatic carbocycles. The van der Waals surface area contributed by atoms with Crippen LogP contribution in [0.25, 0.3) is 11.0 Å². The van der Waals surface area contributed by atoms with E-state index in [0.29, 0.717) is 22.4 Å². The maximum atomic E-state index is 12.3. The van der Waals surface area contributed by atoms with Crippen molar-refractivity contribution in [3.05, 3.63) is 75.6 Å². The Labute approximate surface area is 157 Å². The van der Waals surface area contributed by atoms with Gasteiger partial charge in [-0.15, -0.1) is 0 Å². The van der Waals surface area contributed by atoms with Crippen molar-refractivity contribution in [2.75, 3.05) is 19.0 Å². The lowest BCUT2D eigenvalue weighted by molar-refractivity contribution is 0.0955. The number of fused-ring (bicyclic) bond motifs is 1. The van der Waals surface area contributed by atoms with Crippen LogP contribution in [-0.2, 0) is 0 Å². The van der Waals surface area contributed by atoms with E-state index in [-0.39, 0.29) is 5.91 Å². The molecule has 0 saturated heterocycles. The third-order valence-corrected chi connectivity index (χ3v) is 4.26. The largest absolute Gasteiger partial charge is 0.422 e. The number of carbonyl (C=O) groups excluding carboxylic acids is 1. The van der Waals surface area contributed by atoms with Crippen molar-refractivity contribution in [2.45, 2.75) is 13.8 Å². The summed E-state index contributed by atoms with van der Waals surface area (Å²) >= 11 is 0. The van der Waals surface area contributed by atoms with E-state index >= 15 is 0 Å². The minimum Gasteiger partial charge on any atom is -0.422 e. The number of carbonyl (C=O) groups is 1. The van der Waals surface area contributed by atoms with E-state index in [9.17, 15) is 9.59 Å². The highest BCUT2D eigenvalue weighted by Crippen LogP contribution is 2.20. The predicted octanol–water partition coefficient (Wildman–Crippen LogP) is 3.32. The fourth-order valence-electron chi connectivity index (χ4n) is 2.59. The number of nitrogens with zero attached hydrogens (tertiary/aromatic N) is 2. The zero-order chi connectivity index (χ0) is 19.6. The number of rotatable bonds is 4. The molecule has 1 heterocycles. The van der Waals surface area contributed by atoms with Crippen molar-refractivity contribution in [1.29, 1.82) is 0 Å². The number of anilines is 1. The van der Waals surface area contributed by atoms with Gasteiger partial charge in [0.15, 0.2) is 0 Å². The zero-order valence-corrected chi connectivity index (χ0v) is 15.7. The highest BCUT2D eigenvalue weighted by atomic mass is 16.4. The van der Waals surface area contributed by atoms with Crippen molar-refractivity contribution in [1.82, 2.24) is 5.43 Å². The molecule has 6 nitrogen and oxygen atoms in total. The molecule has 0 aliphatic carbocycles. The van der Waals surface area contributed by atoms with Crippen LogP contribution in [0.3, 0.4) is 0 Å². The molecular weight excluding hydrogens is 342 g/mol. The molecule has 27 heavy (non-hydrogen) atoms. The van der Waals surface area contributed by atoms with E-state index < -0.39 is 5.63 Å². The maximum Gasteiger partial charge on any atom is 0.345 e. The summed E-state index contributed by atoms with van der Waals surface area (Å²) in [5.41, 5.74) is 5.68. The topological polar surface area (TPSA) is 74.9 Å². The van der Waals surface area contributed by atoms with E-state index in [0.717, 1.165) is 16.6 Å². The molecule has 0 fully saturated rings. The second kappa shape index (κ2) is 7.45. The Morgan fingerprint density at radius 1 is 1.07 bits per heavy atom. The maximum absolute atomic E-state index is 12.3. The van der Waals surface area contributed by atoms with Gasteiger partial charge >= 0.3 is 5.63 Å². The summed E-state index contributed by atoms with van der Waals surface area (Å²) in [5, 5.41) is 4.84. The molecule has 3 rings (SSSR count). The first-order valence-corrected chi connectivity index (χ1v) is 8.52. The first kappa shape index (κ1) is 18.4. The van der Waals surface area contributed by atoms with Gasteiger partial charge in [0.05, 0.1) is 11.3 Å². The van der Waals surface area contributed by atoms with Crippen LogP contribution >= 0.6 is 0 Å². The van der Waals surface area contributed by atoms with Gasteiger partial charge in [-0.2, -0.15) is 5.10 Å². The number of hydrazone groups is 1. The van der Waals surface area contributed by atoms with Crippen LogP contribution in [0.5, 0.6) is 0 Å². The molecule has 0 aliphatic heterocycles. The van der Waals surface area contributed by atoms with E-state index in [1.165, 1.54) is 0 Å². The van der Waals surface area contributed by atoms with Crippen molar-refractivity contribution in [3.8, 4) is 0 Å². The molecule has 3 aromatic rings. The van der Waals surface area contributed by atoms with E-state index in [1.807, 2.05) is 56.3 Å². The van der Waals surface area contributed by atoms with Crippen LogP contribution < -0.4 is 16.0 Å². The zero-order valence-electron chi connectivity index (χ0n) is 15.7. The highest BCUT2D eigenvalue weighted by molar-refractivity contribution is 6.02.